The van der Waals surface area contributed by atoms with Crippen molar-refractivity contribution in [2.45, 2.75) is 120 Å². The number of aromatic nitrogens is 8. The summed E-state index contributed by atoms with van der Waals surface area (Å²) in [4.78, 5) is 115. The minimum absolute atomic E-state index is 0. The summed E-state index contributed by atoms with van der Waals surface area (Å²) < 4.78 is 33.8. The summed E-state index contributed by atoms with van der Waals surface area (Å²) in [7, 11) is 3.36. The maximum Gasteiger partial charge on any atom is 0.435 e. The van der Waals surface area contributed by atoms with Gasteiger partial charge in [0.1, 0.15) is 44.3 Å². The number of esters is 2. The van der Waals surface area contributed by atoms with Crippen molar-refractivity contribution in [1.82, 2.24) is 39.1 Å². The van der Waals surface area contributed by atoms with Gasteiger partial charge in [-0.2, -0.15) is 39.1 Å². The van der Waals surface area contributed by atoms with Gasteiger partial charge in [-0.1, -0.05) is 50.7 Å². The number of anilines is 1. The molecule has 0 bridgehead atoms. The second kappa shape index (κ2) is 33.1. The normalized spacial score (nSPS) is 10.8. The van der Waals surface area contributed by atoms with E-state index in [9.17, 15) is 63.9 Å². The maximum atomic E-state index is 12.2. The monoisotopic (exact) mass is 1310 g/mol. The molecule has 4 aromatic carbocycles. The molecule has 504 valence electrons. The van der Waals surface area contributed by atoms with Crippen molar-refractivity contribution in [3.63, 3.8) is 0 Å². The zero-order chi connectivity index (χ0) is 69.4. The van der Waals surface area contributed by atoms with Gasteiger partial charge >= 0.3 is 36.3 Å². The lowest BCUT2D eigenvalue weighted by molar-refractivity contribution is -0.465. The molecule has 0 unspecified atom stereocenters. The molecule has 0 saturated heterocycles. The van der Waals surface area contributed by atoms with Crippen LogP contribution in [0.3, 0.4) is 0 Å². The first-order valence-corrected chi connectivity index (χ1v) is 26.1. The van der Waals surface area contributed by atoms with Crippen molar-refractivity contribution in [1.29, 1.82) is 0 Å². The van der Waals surface area contributed by atoms with E-state index >= 15 is 0 Å². The summed E-state index contributed by atoms with van der Waals surface area (Å²) in [5.74, 6) is -1.55. The Balaban J connectivity index is 0.000000601. The number of rotatable bonds is 7. The Morgan fingerprint density at radius 3 is 1.03 bits per heavy atom. The number of nitro groups is 3. The molecule has 0 spiro atoms. The number of nitrogen functional groups attached to an aromatic ring is 1. The van der Waals surface area contributed by atoms with Crippen LogP contribution in [0.1, 0.15) is 135 Å². The van der Waals surface area contributed by atoms with E-state index in [2.05, 4.69) is 41.5 Å². The van der Waals surface area contributed by atoms with E-state index in [-0.39, 0.29) is 81.9 Å². The first-order chi connectivity index (χ1) is 42.3. The Kier molecular flexibility index (Phi) is 28.4. The third-order valence-electron chi connectivity index (χ3n) is 10.8. The van der Waals surface area contributed by atoms with Gasteiger partial charge in [-0.05, 0) is 119 Å². The van der Waals surface area contributed by atoms with Gasteiger partial charge < -0.3 is 39.3 Å². The van der Waals surface area contributed by atoms with E-state index in [1.54, 1.807) is 107 Å². The number of aliphatic hydroxyl groups is 1. The number of carbonyl (C=O) groups is 7. The number of hydrogen-bond acceptors (Lipinski definition) is 28. The van der Waals surface area contributed by atoms with E-state index in [0.29, 0.717) is 28.4 Å². The van der Waals surface area contributed by atoms with Crippen molar-refractivity contribution >= 4 is 115 Å². The van der Waals surface area contributed by atoms with E-state index in [1.807, 2.05) is 0 Å². The number of hydrogen-bond donors (Lipinski definition) is 4. The highest BCUT2D eigenvalue weighted by molar-refractivity contribution is 6.10. The van der Waals surface area contributed by atoms with Crippen LogP contribution in [0.15, 0.2) is 79.4 Å². The van der Waals surface area contributed by atoms with Gasteiger partial charge in [0.25, 0.3) is 17.1 Å². The maximum absolute atomic E-state index is 12.2. The molecule has 8 rings (SSSR count). The first kappa shape index (κ1) is 79.8. The summed E-state index contributed by atoms with van der Waals surface area (Å²) in [5.41, 5.74) is 3.24. The van der Waals surface area contributed by atoms with Gasteiger partial charge in [0, 0.05) is 31.0 Å². The number of carbonyl (C=O) groups excluding carboxylic acids is 7. The summed E-state index contributed by atoms with van der Waals surface area (Å²) in [6, 6.07) is 17.5. The lowest BCUT2D eigenvalue weighted by Gasteiger charge is -2.19. The molecule has 4 aromatic heterocycles. The molecule has 8 aromatic rings. The molecule has 0 atom stereocenters. The Morgan fingerprint density at radius 1 is 0.484 bits per heavy atom. The number of methoxy groups -OCH3 is 2. The van der Waals surface area contributed by atoms with Gasteiger partial charge in [-0.15, -0.1) is 0 Å². The summed E-state index contributed by atoms with van der Waals surface area (Å²) in [6.07, 6.45) is -1.29. The van der Waals surface area contributed by atoms with Gasteiger partial charge in [0.15, 0.2) is 17.7 Å². The van der Waals surface area contributed by atoms with Gasteiger partial charge in [-0.25, -0.2) is 39.3 Å². The van der Waals surface area contributed by atoms with Crippen LogP contribution in [0.2, 0.25) is 0 Å². The van der Waals surface area contributed by atoms with Gasteiger partial charge in [0.05, 0.1) is 62.1 Å². The molecule has 93 heavy (non-hydrogen) atoms. The molecule has 35 heteroatoms. The standard InChI is InChI=1S/C14H15N3O6.C14H17N3O4.C14H15N3O4.C13H13N3O5.CH4O.2CH4.H2O3/c1-14(2,3)23-13(19)16-8-6-5-7-9(17(20)21)10(8)11(15-16)12(18)22-4;1-14(2,3)21-13(19)17-9-7-5-6-8(15)10(9)11(16-17)12(18)20-4;1-5-9-12-10(7-6-8-11(12)17(19)20)16(15-9)13(18)21-14(2,3)4;1-13(2,3)21-12(18)15-9-5-4-6-10(16(19)20)11(9)8(7-17)14-15;1-2;;;1-3-2/h5-7H,1-4H3;5-7H,15H2,1-4H3;5-8H,1H2,2-4H3;4-7H,1-3H3;2H,1H3;2*1H4;1-2H. The average molecular weight is 1310 g/mol. The lowest BCUT2D eigenvalue weighted by atomic mass is 10.1. The number of nitro benzene ring substituents is 3. The number of aliphatic hydroxyl groups excluding tert-OH is 1. The number of non-ortho nitro benzene ring substituents is 3. The molecule has 4 heterocycles. The second-order valence-electron chi connectivity index (χ2n) is 21.9. The van der Waals surface area contributed by atoms with E-state index < -0.39 is 73.5 Å². The number of nitrogens with zero attached hydrogens (tertiary/aromatic N) is 11. The fraction of sp³-hybridized carbons (Fsp3) is 0.362. The van der Waals surface area contributed by atoms with Crippen LogP contribution >= 0.6 is 0 Å². The van der Waals surface area contributed by atoms with Crippen molar-refractivity contribution in [3.8, 4) is 0 Å². The fourth-order valence-electron chi connectivity index (χ4n) is 7.64. The third kappa shape index (κ3) is 20.4. The topological polar surface area (TPSA) is 472 Å². The number of ether oxygens (including phenoxy) is 6. The first-order valence-electron chi connectivity index (χ1n) is 26.1. The van der Waals surface area contributed by atoms with Crippen LogP contribution < -0.4 is 5.73 Å². The molecular weight excluding hydrogens is 1230 g/mol. The third-order valence-corrected chi connectivity index (χ3v) is 10.8. The largest absolute Gasteiger partial charge is 0.464 e. The highest BCUT2D eigenvalue weighted by Gasteiger charge is 2.32. The summed E-state index contributed by atoms with van der Waals surface area (Å²) in [6.45, 7) is 24.0. The summed E-state index contributed by atoms with van der Waals surface area (Å²) in [5, 5.41) is 72.1. The summed E-state index contributed by atoms with van der Waals surface area (Å²) >= 11 is 0. The van der Waals surface area contributed by atoms with E-state index in [0.717, 1.165) is 32.9 Å². The molecule has 0 amide bonds. The van der Waals surface area contributed by atoms with E-state index in [4.69, 9.17) is 40.3 Å². The van der Waals surface area contributed by atoms with Crippen molar-refractivity contribution in [3.05, 3.63) is 132 Å². The predicted octanol–water partition coefficient (Wildman–Crippen LogP) is 11.4. The van der Waals surface area contributed by atoms with Gasteiger partial charge in [-0.3, -0.25) is 35.1 Å². The van der Waals surface area contributed by atoms with E-state index in [1.165, 1.54) is 61.7 Å². The molecule has 0 fully saturated rings. The molecule has 0 aliphatic heterocycles. The fourth-order valence-corrected chi connectivity index (χ4v) is 7.64. The average Bonchev–Trinajstić information content (AvgIpc) is 1.66. The van der Waals surface area contributed by atoms with Gasteiger partial charge in [0.2, 0.25) is 0 Å². The predicted molar refractivity (Wildman–Crippen MR) is 336 cm³/mol. The Morgan fingerprint density at radius 2 is 0.742 bits per heavy atom. The molecule has 0 aliphatic carbocycles. The smallest absolute Gasteiger partial charge is 0.435 e. The van der Waals surface area contributed by atoms with Crippen LogP contribution in [0, 0.1) is 30.3 Å². The molecular formula is C58H74N12O23. The zero-order valence-corrected chi connectivity index (χ0v) is 51.8. The van der Waals surface area contributed by atoms with Crippen LogP contribution in [0.4, 0.5) is 41.9 Å². The zero-order valence-electron chi connectivity index (χ0n) is 51.8. The molecule has 0 aliphatic rings. The van der Waals surface area contributed by atoms with Crippen molar-refractivity contribution < 1.29 is 97.4 Å². The number of fused-ring (bicyclic) bond motifs is 4. The number of nitrogens with two attached hydrogens (primary N) is 1. The quantitative estimate of drug-likeness (QED) is 0.0219. The lowest BCUT2D eigenvalue weighted by Crippen LogP contribution is -2.27. The van der Waals surface area contributed by atoms with Crippen molar-refractivity contribution in [2.24, 2.45) is 0 Å². The Hall–Kier alpha value is -11.2. The Bertz CT molecular complexity index is 3930. The number of benzene rings is 4. The second-order valence-corrected chi connectivity index (χ2v) is 21.9. The Labute approximate surface area is 530 Å². The highest BCUT2D eigenvalue weighted by Crippen LogP contribution is 2.33. The molecule has 0 saturated carbocycles. The minimum Gasteiger partial charge on any atom is -0.464 e. The SMILES string of the molecule is C.C.C=Cc1nn(C(=O)OC(C)(C)C)c2cccc([N+](=O)[O-])c12.CC(C)(C)OC(=O)n1nc(C=O)c2c([N+](=O)[O-])cccc21.CO.COC(=O)c1nn(C(=O)OC(C)(C)C)c2cccc(N)c12.COC(=O)c1nn(C(=O)OC(C)(C)C)c2cccc([N+](=O)[O-])c12.OOO. The molecule has 5 N–H and O–H groups in total. The van der Waals surface area contributed by atoms with Crippen LogP contribution in [-0.2, 0) is 33.5 Å². The van der Waals surface area contributed by atoms with Crippen LogP contribution in [0.5, 0.6) is 0 Å². The molecule has 0 radical (unpaired) electrons. The van der Waals surface area contributed by atoms with Crippen molar-refractivity contribution in [2.75, 3.05) is 27.1 Å². The highest BCUT2D eigenvalue weighted by atomic mass is 17.4. The van der Waals surface area contributed by atoms with Crippen LogP contribution in [-0.4, -0.2) is 156 Å². The van der Waals surface area contributed by atoms with Crippen LogP contribution in [0.25, 0.3) is 49.7 Å². The minimum atomic E-state index is -0.883. The molecule has 35 nitrogen and oxygen atoms in total. The number of aldehydes is 1.